The Labute approximate surface area is 246 Å². The molecule has 42 heavy (non-hydrogen) atoms. The molecular weight excluding hydrogens is 538 g/mol. The summed E-state index contributed by atoms with van der Waals surface area (Å²) >= 11 is 0. The van der Waals surface area contributed by atoms with Crippen LogP contribution in [0.3, 0.4) is 0 Å². The number of aliphatic hydroxyl groups is 1. The van der Waals surface area contributed by atoms with Crippen LogP contribution >= 0.6 is 0 Å². The van der Waals surface area contributed by atoms with E-state index in [1.54, 1.807) is 17.1 Å². The van der Waals surface area contributed by atoms with Gasteiger partial charge in [-0.3, -0.25) is 19.2 Å². The van der Waals surface area contributed by atoms with Crippen LogP contribution in [0.4, 0.5) is 0 Å². The number of likely N-dealkylation sites (tertiary alicyclic amines) is 1. The van der Waals surface area contributed by atoms with E-state index >= 15 is 0 Å². The first-order valence-corrected chi connectivity index (χ1v) is 14.8. The maximum Gasteiger partial charge on any atom is 0.313 e. The van der Waals surface area contributed by atoms with E-state index < -0.39 is 59.1 Å². The topological polar surface area (TPSA) is 125 Å². The highest BCUT2D eigenvalue weighted by Gasteiger charge is 2.74. The summed E-state index contributed by atoms with van der Waals surface area (Å²) in [5.74, 6) is -3.52. The highest BCUT2D eigenvalue weighted by atomic mass is 16.6. The highest BCUT2D eigenvalue weighted by molar-refractivity contribution is 5.99. The highest BCUT2D eigenvalue weighted by Crippen LogP contribution is 2.56. The summed E-state index contributed by atoms with van der Waals surface area (Å²) in [5, 5.41) is 13.2. The van der Waals surface area contributed by atoms with Crippen LogP contribution in [-0.2, 0) is 28.7 Å². The minimum Gasteiger partial charge on any atom is -0.455 e. The molecule has 5 bridgehead atoms. The van der Waals surface area contributed by atoms with Crippen molar-refractivity contribution in [1.82, 2.24) is 15.1 Å². The zero-order chi connectivity index (χ0) is 30.2. The largest absolute Gasteiger partial charge is 0.455 e. The summed E-state index contributed by atoms with van der Waals surface area (Å²) in [7, 11) is 0. The second kappa shape index (κ2) is 11.6. The molecule has 10 heteroatoms. The maximum atomic E-state index is 14.6. The van der Waals surface area contributed by atoms with E-state index in [1.807, 2.05) is 70.2 Å². The molecule has 1 spiro atoms. The Morgan fingerprint density at radius 3 is 2.50 bits per heavy atom. The van der Waals surface area contributed by atoms with Gasteiger partial charge in [-0.15, -0.1) is 0 Å². The van der Waals surface area contributed by atoms with Gasteiger partial charge >= 0.3 is 5.97 Å². The molecule has 226 valence electrons. The number of nitrogens with one attached hydrogen (secondary N) is 1. The number of hydrogen-bond donors (Lipinski definition) is 2. The number of allylic oxidation sites excluding steroid dienone is 1. The fourth-order valence-corrected chi connectivity index (χ4v) is 6.73. The number of benzene rings is 1. The summed E-state index contributed by atoms with van der Waals surface area (Å²) in [6.07, 6.45) is 6.83. The van der Waals surface area contributed by atoms with Crippen molar-refractivity contribution in [2.75, 3.05) is 19.7 Å². The minimum atomic E-state index is -1.37. The number of amides is 3. The number of nitrogens with zero attached hydrogens (tertiary/aromatic N) is 2. The molecule has 4 aliphatic rings. The van der Waals surface area contributed by atoms with Crippen LogP contribution < -0.4 is 5.32 Å². The molecule has 1 aromatic carbocycles. The Morgan fingerprint density at radius 1 is 1.10 bits per heavy atom. The first kappa shape index (κ1) is 30.0. The Kier molecular flexibility index (Phi) is 8.31. The van der Waals surface area contributed by atoms with E-state index in [-0.39, 0.29) is 37.9 Å². The molecule has 10 nitrogen and oxygen atoms in total. The number of rotatable bonds is 4. The molecule has 0 aromatic heterocycles. The van der Waals surface area contributed by atoms with Gasteiger partial charge in [-0.2, -0.15) is 0 Å². The van der Waals surface area contributed by atoms with Crippen molar-refractivity contribution in [2.24, 2.45) is 11.8 Å². The van der Waals surface area contributed by atoms with Crippen molar-refractivity contribution in [3.05, 3.63) is 60.2 Å². The maximum absolute atomic E-state index is 14.6. The lowest BCUT2D eigenvalue weighted by atomic mass is 9.74. The van der Waals surface area contributed by atoms with Crippen molar-refractivity contribution in [3.63, 3.8) is 0 Å². The fraction of sp³-hybridized carbons (Fsp3) is 0.562. The number of cyclic esters (lactones) is 1. The number of carbonyl (C=O) groups excluding carboxylic acids is 4. The normalized spacial score (nSPS) is 33.4. The number of fused-ring (bicyclic) bond motifs is 2. The predicted octanol–water partition coefficient (Wildman–Crippen LogP) is 2.29. The molecule has 4 heterocycles. The monoisotopic (exact) mass is 579 g/mol. The van der Waals surface area contributed by atoms with Crippen LogP contribution in [0.15, 0.2) is 54.6 Å². The van der Waals surface area contributed by atoms with Gasteiger partial charge in [0.15, 0.2) is 0 Å². The molecule has 2 fully saturated rings. The van der Waals surface area contributed by atoms with Crippen LogP contribution in [0.25, 0.3) is 0 Å². The van der Waals surface area contributed by atoms with Gasteiger partial charge in [0.05, 0.1) is 31.2 Å². The zero-order valence-electron chi connectivity index (χ0n) is 24.7. The van der Waals surface area contributed by atoms with Gasteiger partial charge in [-0.25, -0.2) is 0 Å². The van der Waals surface area contributed by atoms with E-state index in [0.717, 1.165) is 0 Å². The second-order valence-corrected chi connectivity index (χ2v) is 12.5. The van der Waals surface area contributed by atoms with Gasteiger partial charge in [-0.1, -0.05) is 61.6 Å². The number of hydrogen-bond acceptors (Lipinski definition) is 7. The Balaban J connectivity index is 1.60. The number of esters is 1. The first-order valence-electron chi connectivity index (χ1n) is 14.8. The molecule has 2 saturated heterocycles. The summed E-state index contributed by atoms with van der Waals surface area (Å²) in [6.45, 7) is 7.60. The van der Waals surface area contributed by atoms with Gasteiger partial charge in [0, 0.05) is 18.5 Å². The summed E-state index contributed by atoms with van der Waals surface area (Å²) < 4.78 is 12.5. The molecule has 4 aliphatic heterocycles. The second-order valence-electron chi connectivity index (χ2n) is 12.5. The Bertz CT molecular complexity index is 1270. The van der Waals surface area contributed by atoms with Crippen LogP contribution in [0.5, 0.6) is 0 Å². The van der Waals surface area contributed by atoms with Gasteiger partial charge in [0.25, 0.3) is 0 Å². The predicted molar refractivity (Wildman–Crippen MR) is 154 cm³/mol. The van der Waals surface area contributed by atoms with Crippen LogP contribution in [0.1, 0.15) is 58.6 Å². The standard InChI is InChI=1S/C32H41N3O7/c1-5-21(19-36)35-27-29(39)34(31(2,3)4)17-11-7-10-14-24(37)33-18-23(20-12-8-6-9-13-20)41-30(40)25-22-15-16-32(27,42-22)26(25)28(35)38/h6-9,11-13,15-16,21-23,25-27,36H,5,10,14,17-19H2,1-4H3,(H,33,37)/b11-7-/t21-,22+,23+,25-,26-,27+,32-/m0/s1. The summed E-state index contributed by atoms with van der Waals surface area (Å²) in [6, 6.07) is 7.44. The lowest BCUT2D eigenvalue weighted by Gasteiger charge is -2.43. The van der Waals surface area contributed by atoms with Gasteiger partial charge in [0.2, 0.25) is 17.7 Å². The Hall–Kier alpha value is -3.50. The molecule has 1 aromatic rings. The van der Waals surface area contributed by atoms with Crippen molar-refractivity contribution in [3.8, 4) is 0 Å². The lowest BCUT2D eigenvalue weighted by molar-refractivity contribution is -0.160. The number of aliphatic hydroxyl groups excluding tert-OH is 1. The average molecular weight is 580 g/mol. The molecule has 5 rings (SSSR count). The van der Waals surface area contributed by atoms with Crippen molar-refractivity contribution < 1.29 is 33.8 Å². The molecular formula is C32H41N3O7. The third-order valence-corrected chi connectivity index (χ3v) is 8.88. The molecule has 7 atom stereocenters. The zero-order valence-corrected chi connectivity index (χ0v) is 24.7. The van der Waals surface area contributed by atoms with Gasteiger partial charge in [0.1, 0.15) is 23.7 Å². The summed E-state index contributed by atoms with van der Waals surface area (Å²) in [4.78, 5) is 58.6. The van der Waals surface area contributed by atoms with Crippen molar-refractivity contribution in [1.29, 1.82) is 0 Å². The molecule has 0 unspecified atom stereocenters. The molecule has 0 aliphatic carbocycles. The van der Waals surface area contributed by atoms with Gasteiger partial charge < -0.3 is 29.7 Å². The van der Waals surface area contributed by atoms with Gasteiger partial charge in [-0.05, 0) is 39.2 Å². The van der Waals surface area contributed by atoms with E-state index in [1.165, 1.54) is 4.90 Å². The van der Waals surface area contributed by atoms with Crippen molar-refractivity contribution >= 4 is 23.7 Å². The molecule has 2 N–H and O–H groups in total. The van der Waals surface area contributed by atoms with E-state index in [2.05, 4.69) is 5.32 Å². The third kappa shape index (κ3) is 5.15. The minimum absolute atomic E-state index is 0.0730. The van der Waals surface area contributed by atoms with Crippen LogP contribution in [0.2, 0.25) is 0 Å². The average Bonchev–Trinajstić information content (AvgIpc) is 3.60. The van der Waals surface area contributed by atoms with Crippen LogP contribution in [0, 0.1) is 11.8 Å². The Morgan fingerprint density at radius 2 is 1.83 bits per heavy atom. The SMILES string of the molecule is CC[C@@H](CO)N1C(=O)[C@@H]2[C@H]3C(=O)O[C@@H](c4ccccc4)CNC(=O)CC/C=C\CN(C(C)(C)C)C(=O)[C@@H]1[C@]21C=C[C@H]3O1. The van der Waals surface area contributed by atoms with E-state index in [0.29, 0.717) is 18.4 Å². The number of carbonyl (C=O) groups is 4. The lowest BCUT2D eigenvalue weighted by Crippen LogP contribution is -2.61. The molecule has 0 radical (unpaired) electrons. The third-order valence-electron chi connectivity index (χ3n) is 8.88. The van der Waals surface area contributed by atoms with Crippen molar-refractivity contribution in [2.45, 2.75) is 82.4 Å². The molecule has 0 saturated carbocycles. The fourth-order valence-electron chi connectivity index (χ4n) is 6.73. The first-order chi connectivity index (χ1) is 20.0. The smallest absolute Gasteiger partial charge is 0.313 e. The summed E-state index contributed by atoms with van der Waals surface area (Å²) in [5.41, 5.74) is -1.28. The van der Waals surface area contributed by atoms with E-state index in [9.17, 15) is 24.3 Å². The quantitative estimate of drug-likeness (QED) is 0.414. The number of ether oxygens (including phenoxy) is 2. The molecule has 3 amide bonds. The van der Waals surface area contributed by atoms with E-state index in [4.69, 9.17) is 9.47 Å². The van der Waals surface area contributed by atoms with Crippen LogP contribution in [-0.4, -0.2) is 87.6 Å².